The molecule has 0 aliphatic heterocycles. The minimum atomic E-state index is -0.729. The molecule has 3 rings (SSSR count). The van der Waals surface area contributed by atoms with Crippen molar-refractivity contribution < 1.29 is 23.6 Å². The van der Waals surface area contributed by atoms with Gasteiger partial charge in [0.25, 0.3) is 17.5 Å². The molecule has 0 aromatic heterocycles. The molecule has 0 bridgehead atoms. The van der Waals surface area contributed by atoms with Gasteiger partial charge in [0.15, 0.2) is 6.61 Å². The highest BCUT2D eigenvalue weighted by Gasteiger charge is 2.12. The number of ether oxygens (including phenoxy) is 1. The number of amides is 2. The average Bonchev–Trinajstić information content (AvgIpc) is 2.83. The summed E-state index contributed by atoms with van der Waals surface area (Å²) in [7, 11) is 0. The quantitative estimate of drug-likeness (QED) is 0.223. The third kappa shape index (κ3) is 6.48. The van der Waals surface area contributed by atoms with Gasteiger partial charge in [-0.2, -0.15) is 5.26 Å². The van der Waals surface area contributed by atoms with E-state index in [1.807, 2.05) is 0 Å². The van der Waals surface area contributed by atoms with Crippen LogP contribution in [0.15, 0.2) is 78.4 Å². The Labute approximate surface area is 193 Å². The molecule has 3 aromatic carbocycles. The van der Waals surface area contributed by atoms with Crippen LogP contribution >= 0.6 is 0 Å². The van der Waals surface area contributed by atoms with E-state index in [4.69, 9.17) is 4.74 Å². The molecule has 0 aliphatic carbocycles. The second kappa shape index (κ2) is 11.0. The van der Waals surface area contributed by atoms with Gasteiger partial charge in [-0.15, -0.1) is 0 Å². The maximum Gasteiger partial charge on any atom is 0.271 e. The zero-order valence-corrected chi connectivity index (χ0v) is 17.5. The number of halogens is 1. The number of carbonyl (C=O) groups is 2. The normalized spacial score (nSPS) is 10.6. The molecule has 0 heterocycles. The predicted octanol–water partition coefficient (Wildman–Crippen LogP) is 4.30. The Morgan fingerprint density at radius 2 is 1.79 bits per heavy atom. The molecule has 0 unspecified atom stereocenters. The fraction of sp³-hybridized carbons (Fsp3) is 0.0417. The first-order valence-electron chi connectivity index (χ1n) is 9.80. The van der Waals surface area contributed by atoms with Crippen molar-refractivity contribution in [3.05, 3.63) is 99.9 Å². The Kier molecular flexibility index (Phi) is 7.65. The number of nitrogens with zero attached hydrogens (tertiary/aromatic N) is 2. The van der Waals surface area contributed by atoms with E-state index >= 15 is 0 Å². The summed E-state index contributed by atoms with van der Waals surface area (Å²) in [5.41, 5.74) is 0.318. The summed E-state index contributed by atoms with van der Waals surface area (Å²) in [6, 6.07) is 19.1. The van der Waals surface area contributed by atoms with E-state index in [0.717, 1.165) is 0 Å². The second-order valence-corrected chi connectivity index (χ2v) is 6.82. The molecule has 0 radical (unpaired) electrons. The van der Waals surface area contributed by atoms with Gasteiger partial charge >= 0.3 is 0 Å². The first-order chi connectivity index (χ1) is 16.4. The minimum Gasteiger partial charge on any atom is -0.484 e. The first kappa shape index (κ1) is 23.6. The van der Waals surface area contributed by atoms with E-state index in [1.165, 1.54) is 60.7 Å². The van der Waals surface area contributed by atoms with Crippen LogP contribution in [0.3, 0.4) is 0 Å². The van der Waals surface area contributed by atoms with E-state index in [0.29, 0.717) is 11.3 Å². The van der Waals surface area contributed by atoms with Crippen LogP contribution < -0.4 is 15.4 Å². The Morgan fingerprint density at radius 3 is 2.47 bits per heavy atom. The van der Waals surface area contributed by atoms with E-state index in [-0.39, 0.29) is 29.2 Å². The number of hydrogen-bond donors (Lipinski definition) is 2. The van der Waals surface area contributed by atoms with Crippen molar-refractivity contribution in [2.45, 2.75) is 0 Å². The summed E-state index contributed by atoms with van der Waals surface area (Å²) in [5, 5.41) is 25.0. The largest absolute Gasteiger partial charge is 0.484 e. The number of benzene rings is 3. The van der Waals surface area contributed by atoms with Crippen LogP contribution in [-0.4, -0.2) is 23.3 Å². The molecule has 0 saturated heterocycles. The number of hydrogen-bond acceptors (Lipinski definition) is 6. The zero-order valence-electron chi connectivity index (χ0n) is 17.5. The molecule has 0 aliphatic rings. The topological polar surface area (TPSA) is 134 Å². The summed E-state index contributed by atoms with van der Waals surface area (Å²) in [6.07, 6.45) is 1.33. The first-order valence-corrected chi connectivity index (χ1v) is 9.80. The fourth-order valence-corrected chi connectivity index (χ4v) is 2.77. The number of nitro groups is 1. The van der Waals surface area contributed by atoms with Crippen molar-refractivity contribution in [2.75, 3.05) is 17.2 Å². The van der Waals surface area contributed by atoms with Crippen molar-refractivity contribution >= 4 is 35.0 Å². The number of nitrogens with one attached hydrogen (secondary N) is 2. The number of carbonyl (C=O) groups excluding carboxylic acids is 2. The monoisotopic (exact) mass is 460 g/mol. The molecule has 10 heteroatoms. The number of rotatable bonds is 8. The molecule has 9 nitrogen and oxygen atoms in total. The van der Waals surface area contributed by atoms with Crippen LogP contribution in [-0.2, 0) is 9.59 Å². The Hall–Kier alpha value is -5.04. The standard InChI is InChI=1S/C24H17FN4O5/c25-21-6-1-2-7-22(21)28-23(30)15-34-20-10-8-16(9-11-20)12-17(14-26)24(31)27-18-4-3-5-19(13-18)29(32)33/h1-13H,15H2,(H,27,31)(H,28,30)/b17-12-. The van der Waals surface area contributed by atoms with Gasteiger partial charge in [0.05, 0.1) is 10.6 Å². The molecule has 170 valence electrons. The molecule has 2 amide bonds. The van der Waals surface area contributed by atoms with E-state index in [2.05, 4.69) is 10.6 Å². The third-order valence-corrected chi connectivity index (χ3v) is 4.39. The van der Waals surface area contributed by atoms with E-state index in [1.54, 1.807) is 24.3 Å². The molecule has 0 saturated carbocycles. The maximum absolute atomic E-state index is 13.6. The average molecular weight is 460 g/mol. The number of nitro benzene ring substituents is 1. The summed E-state index contributed by atoms with van der Waals surface area (Å²) >= 11 is 0. The summed E-state index contributed by atoms with van der Waals surface area (Å²) in [6.45, 7) is -0.349. The molecule has 34 heavy (non-hydrogen) atoms. The SMILES string of the molecule is N#C/C(=C/c1ccc(OCC(=O)Nc2ccccc2F)cc1)C(=O)Nc1cccc([N+](=O)[O-])c1. The van der Waals surface area contributed by atoms with Crippen LogP contribution in [0, 0.1) is 27.3 Å². The Morgan fingerprint density at radius 1 is 1.06 bits per heavy atom. The number of nitriles is 1. The van der Waals surface area contributed by atoms with Gasteiger partial charge in [0, 0.05) is 17.8 Å². The highest BCUT2D eigenvalue weighted by molar-refractivity contribution is 6.09. The highest BCUT2D eigenvalue weighted by Crippen LogP contribution is 2.19. The molecule has 2 N–H and O–H groups in total. The molecule has 0 fully saturated rings. The third-order valence-electron chi connectivity index (χ3n) is 4.39. The molecule has 3 aromatic rings. The summed E-state index contributed by atoms with van der Waals surface area (Å²) in [4.78, 5) is 34.6. The maximum atomic E-state index is 13.6. The van der Waals surface area contributed by atoms with Gasteiger partial charge in [-0.25, -0.2) is 4.39 Å². The van der Waals surface area contributed by atoms with Crippen LogP contribution in [0.25, 0.3) is 6.08 Å². The lowest BCUT2D eigenvalue weighted by Crippen LogP contribution is -2.20. The van der Waals surface area contributed by atoms with E-state index < -0.39 is 22.6 Å². The van der Waals surface area contributed by atoms with Gasteiger partial charge in [0.2, 0.25) is 0 Å². The minimum absolute atomic E-state index is 0.0454. The van der Waals surface area contributed by atoms with Crippen molar-refractivity contribution in [3.8, 4) is 11.8 Å². The van der Waals surface area contributed by atoms with Gasteiger partial charge in [-0.05, 0) is 42.0 Å². The van der Waals surface area contributed by atoms with Gasteiger partial charge in [0.1, 0.15) is 23.2 Å². The van der Waals surface area contributed by atoms with Crippen LogP contribution in [0.1, 0.15) is 5.56 Å². The highest BCUT2D eigenvalue weighted by atomic mass is 19.1. The number of non-ortho nitro benzene ring substituents is 1. The van der Waals surface area contributed by atoms with Crippen molar-refractivity contribution in [1.29, 1.82) is 5.26 Å². The fourth-order valence-electron chi connectivity index (χ4n) is 2.77. The lowest BCUT2D eigenvalue weighted by molar-refractivity contribution is -0.384. The lowest BCUT2D eigenvalue weighted by atomic mass is 10.1. The smallest absolute Gasteiger partial charge is 0.271 e. The van der Waals surface area contributed by atoms with Crippen LogP contribution in [0.2, 0.25) is 0 Å². The Balaban J connectivity index is 1.60. The molecular formula is C24H17FN4O5. The molecular weight excluding hydrogens is 443 g/mol. The lowest BCUT2D eigenvalue weighted by Gasteiger charge is -2.08. The van der Waals surface area contributed by atoms with Gasteiger partial charge < -0.3 is 15.4 Å². The van der Waals surface area contributed by atoms with Gasteiger partial charge in [-0.1, -0.05) is 30.3 Å². The van der Waals surface area contributed by atoms with Gasteiger partial charge in [-0.3, -0.25) is 19.7 Å². The van der Waals surface area contributed by atoms with Crippen LogP contribution in [0.5, 0.6) is 5.75 Å². The molecule has 0 atom stereocenters. The van der Waals surface area contributed by atoms with Crippen LogP contribution in [0.4, 0.5) is 21.5 Å². The number of para-hydroxylation sites is 1. The molecule has 0 spiro atoms. The van der Waals surface area contributed by atoms with Crippen molar-refractivity contribution in [1.82, 2.24) is 0 Å². The predicted molar refractivity (Wildman–Crippen MR) is 122 cm³/mol. The summed E-state index contributed by atoms with van der Waals surface area (Å²) < 4.78 is 18.9. The van der Waals surface area contributed by atoms with E-state index in [9.17, 15) is 29.4 Å². The summed E-state index contributed by atoms with van der Waals surface area (Å²) in [5.74, 6) is -1.48. The zero-order chi connectivity index (χ0) is 24.5. The Bertz CT molecular complexity index is 1300. The van der Waals surface area contributed by atoms with Crippen molar-refractivity contribution in [2.24, 2.45) is 0 Å². The van der Waals surface area contributed by atoms with Crippen molar-refractivity contribution in [3.63, 3.8) is 0 Å². The second-order valence-electron chi connectivity index (χ2n) is 6.82. The number of anilines is 2.